The summed E-state index contributed by atoms with van der Waals surface area (Å²) in [7, 11) is 0. The van der Waals surface area contributed by atoms with Crippen LogP contribution in [0.4, 0.5) is 15.9 Å². The second kappa shape index (κ2) is 6.68. The van der Waals surface area contributed by atoms with E-state index in [0.29, 0.717) is 25.1 Å². The first kappa shape index (κ1) is 15.3. The number of nitrogens with zero attached hydrogens (tertiary/aromatic N) is 4. The van der Waals surface area contributed by atoms with Gasteiger partial charge in [0.05, 0.1) is 17.6 Å². The van der Waals surface area contributed by atoms with Crippen LogP contribution < -0.4 is 10.2 Å². The maximum atomic E-state index is 14.3. The number of rotatable bonds is 4. The number of aromatic nitrogens is 3. The minimum absolute atomic E-state index is 0.0863. The lowest BCUT2D eigenvalue weighted by atomic mass is 10.0. The van der Waals surface area contributed by atoms with Crippen molar-refractivity contribution in [3.8, 4) is 0 Å². The third kappa shape index (κ3) is 3.13. The van der Waals surface area contributed by atoms with Gasteiger partial charge in [-0.2, -0.15) is 0 Å². The lowest BCUT2D eigenvalue weighted by Crippen LogP contribution is -2.48. The van der Waals surface area contributed by atoms with Gasteiger partial charge in [-0.15, -0.1) is 0 Å². The Kier molecular flexibility index (Phi) is 4.45. The van der Waals surface area contributed by atoms with E-state index in [-0.39, 0.29) is 11.7 Å². The molecular weight excluding hydrogens is 297 g/mol. The van der Waals surface area contributed by atoms with E-state index < -0.39 is 11.9 Å². The minimum atomic E-state index is -0.502. The maximum absolute atomic E-state index is 14.3. The number of hydrogen-bond acceptors (Lipinski definition) is 5. The number of carbonyl (C=O) groups excluding carboxylic acids is 1. The Morgan fingerprint density at radius 3 is 3.04 bits per heavy atom. The van der Waals surface area contributed by atoms with Crippen LogP contribution >= 0.6 is 0 Å². The van der Waals surface area contributed by atoms with E-state index in [1.807, 2.05) is 13.0 Å². The lowest BCUT2D eigenvalue weighted by Gasteiger charge is -2.32. The van der Waals surface area contributed by atoms with Crippen molar-refractivity contribution in [1.29, 1.82) is 0 Å². The number of aryl methyl sites for hydroxylation is 1. The second-order valence-electron chi connectivity index (χ2n) is 5.38. The molecular formula is C16H18FN5O. The molecule has 0 bridgehead atoms. The summed E-state index contributed by atoms with van der Waals surface area (Å²) in [5.74, 6) is -0.496. The van der Waals surface area contributed by atoms with Gasteiger partial charge in [-0.05, 0) is 31.4 Å². The zero-order valence-electron chi connectivity index (χ0n) is 12.9. The van der Waals surface area contributed by atoms with Gasteiger partial charge >= 0.3 is 0 Å². The molecule has 1 N–H and O–H groups in total. The fourth-order valence-corrected chi connectivity index (χ4v) is 2.70. The van der Waals surface area contributed by atoms with Gasteiger partial charge in [0.15, 0.2) is 11.6 Å². The average molecular weight is 315 g/mol. The van der Waals surface area contributed by atoms with Crippen molar-refractivity contribution in [2.75, 3.05) is 16.8 Å². The first-order chi connectivity index (χ1) is 11.2. The largest absolute Gasteiger partial charge is 0.356 e. The van der Waals surface area contributed by atoms with Crippen molar-refractivity contribution >= 4 is 17.4 Å². The van der Waals surface area contributed by atoms with Crippen LogP contribution in [0.5, 0.6) is 0 Å². The van der Waals surface area contributed by atoms with Crippen molar-refractivity contribution in [2.24, 2.45) is 0 Å². The van der Waals surface area contributed by atoms with E-state index >= 15 is 0 Å². The minimum Gasteiger partial charge on any atom is -0.356 e. The van der Waals surface area contributed by atoms with Gasteiger partial charge in [-0.1, -0.05) is 6.92 Å². The first-order valence-electron chi connectivity index (χ1n) is 7.68. The number of amides is 1. The molecule has 7 heteroatoms. The molecule has 6 nitrogen and oxygen atoms in total. The van der Waals surface area contributed by atoms with Gasteiger partial charge in [0.1, 0.15) is 12.4 Å². The Hall–Kier alpha value is -2.57. The zero-order valence-corrected chi connectivity index (χ0v) is 12.9. The van der Waals surface area contributed by atoms with E-state index in [9.17, 15) is 9.18 Å². The van der Waals surface area contributed by atoms with Crippen LogP contribution in [-0.2, 0) is 11.2 Å². The van der Waals surface area contributed by atoms with Crippen LogP contribution in [0.25, 0.3) is 0 Å². The fourth-order valence-electron chi connectivity index (χ4n) is 2.70. The number of nitrogens with one attached hydrogen (secondary N) is 1. The number of halogens is 1. The first-order valence-corrected chi connectivity index (χ1v) is 7.68. The molecule has 0 saturated carbocycles. The molecule has 1 saturated heterocycles. The molecule has 2 aromatic heterocycles. The van der Waals surface area contributed by atoms with Crippen molar-refractivity contribution < 1.29 is 9.18 Å². The molecule has 3 rings (SSSR count). The molecule has 23 heavy (non-hydrogen) atoms. The molecule has 1 unspecified atom stereocenters. The zero-order chi connectivity index (χ0) is 16.2. The maximum Gasteiger partial charge on any atom is 0.249 e. The third-order valence-corrected chi connectivity index (χ3v) is 3.90. The Morgan fingerprint density at radius 1 is 1.43 bits per heavy atom. The topological polar surface area (TPSA) is 71.0 Å². The molecule has 0 aliphatic carbocycles. The highest BCUT2D eigenvalue weighted by atomic mass is 19.1. The summed E-state index contributed by atoms with van der Waals surface area (Å²) in [5.41, 5.74) is 1.09. The molecule has 1 amide bonds. The highest BCUT2D eigenvalue weighted by Crippen LogP contribution is 2.23. The molecule has 0 spiro atoms. The van der Waals surface area contributed by atoms with Crippen molar-refractivity contribution in [1.82, 2.24) is 15.0 Å². The van der Waals surface area contributed by atoms with Gasteiger partial charge in [-0.25, -0.2) is 14.4 Å². The van der Waals surface area contributed by atoms with Crippen LogP contribution in [0.2, 0.25) is 0 Å². The van der Waals surface area contributed by atoms with Crippen LogP contribution in [0.1, 0.15) is 25.5 Å². The fraction of sp³-hybridized carbons (Fsp3) is 0.375. The predicted octanol–water partition coefficient (Wildman–Crippen LogP) is 2.18. The van der Waals surface area contributed by atoms with E-state index in [1.165, 1.54) is 6.33 Å². The average Bonchev–Trinajstić information content (AvgIpc) is 2.59. The molecule has 1 aliphatic heterocycles. The number of carbonyl (C=O) groups is 1. The van der Waals surface area contributed by atoms with Crippen LogP contribution in [0, 0.1) is 5.82 Å². The quantitative estimate of drug-likeness (QED) is 0.936. The summed E-state index contributed by atoms with van der Waals surface area (Å²) in [5, 5.41) is 2.94. The van der Waals surface area contributed by atoms with Crippen LogP contribution in [-0.4, -0.2) is 33.4 Å². The Labute approximate surface area is 133 Å². The van der Waals surface area contributed by atoms with E-state index in [2.05, 4.69) is 20.3 Å². The number of pyridine rings is 1. The van der Waals surface area contributed by atoms with Gasteiger partial charge in [-0.3, -0.25) is 9.78 Å². The summed E-state index contributed by atoms with van der Waals surface area (Å²) < 4.78 is 14.3. The Morgan fingerprint density at radius 2 is 2.30 bits per heavy atom. The van der Waals surface area contributed by atoms with Crippen LogP contribution in [0.15, 0.2) is 30.9 Å². The summed E-state index contributed by atoms with van der Waals surface area (Å²) in [6, 6.07) is 3.13. The molecule has 1 aliphatic rings. The summed E-state index contributed by atoms with van der Waals surface area (Å²) >= 11 is 0. The van der Waals surface area contributed by atoms with Gasteiger partial charge in [0.25, 0.3) is 0 Å². The number of hydrogen-bond donors (Lipinski definition) is 1. The number of piperidine rings is 1. The SMILES string of the molecule is CCc1ncnc(NC2CCCN(c3cccnc3)C2=O)c1F. The summed E-state index contributed by atoms with van der Waals surface area (Å²) in [6.45, 7) is 2.46. The Balaban J connectivity index is 1.80. The van der Waals surface area contributed by atoms with E-state index in [0.717, 1.165) is 12.1 Å². The van der Waals surface area contributed by atoms with Gasteiger partial charge in [0, 0.05) is 12.7 Å². The second-order valence-corrected chi connectivity index (χ2v) is 5.38. The highest BCUT2D eigenvalue weighted by molar-refractivity contribution is 5.99. The van der Waals surface area contributed by atoms with Crippen molar-refractivity contribution in [3.63, 3.8) is 0 Å². The normalized spacial score (nSPS) is 18.1. The molecule has 2 aromatic rings. The standard InChI is InChI=1S/C16H18FN5O/c1-2-12-14(17)15(20-10-19-12)21-13-6-4-8-22(16(13)23)11-5-3-7-18-9-11/h3,5,7,9-10,13H,2,4,6,8H2,1H3,(H,19,20,21). The predicted molar refractivity (Wildman–Crippen MR) is 84.6 cm³/mol. The van der Waals surface area contributed by atoms with Gasteiger partial charge < -0.3 is 10.2 Å². The smallest absolute Gasteiger partial charge is 0.249 e. The van der Waals surface area contributed by atoms with Gasteiger partial charge in [0.2, 0.25) is 5.91 Å². The van der Waals surface area contributed by atoms with Crippen molar-refractivity contribution in [2.45, 2.75) is 32.2 Å². The molecule has 1 atom stereocenters. The number of anilines is 2. The third-order valence-electron chi connectivity index (χ3n) is 3.90. The molecule has 0 radical (unpaired) electrons. The Bertz CT molecular complexity index is 694. The summed E-state index contributed by atoms with van der Waals surface area (Å²) in [6.07, 6.45) is 6.57. The van der Waals surface area contributed by atoms with E-state index in [1.54, 1.807) is 23.4 Å². The molecule has 3 heterocycles. The van der Waals surface area contributed by atoms with E-state index in [4.69, 9.17) is 0 Å². The van der Waals surface area contributed by atoms with Crippen molar-refractivity contribution in [3.05, 3.63) is 42.4 Å². The summed E-state index contributed by atoms with van der Waals surface area (Å²) in [4.78, 5) is 26.2. The highest BCUT2D eigenvalue weighted by Gasteiger charge is 2.30. The monoisotopic (exact) mass is 315 g/mol. The molecule has 1 fully saturated rings. The van der Waals surface area contributed by atoms with Crippen LogP contribution in [0.3, 0.4) is 0 Å². The molecule has 0 aromatic carbocycles. The lowest BCUT2D eigenvalue weighted by molar-refractivity contribution is -0.120. The molecule has 120 valence electrons.